The van der Waals surface area contributed by atoms with Crippen LogP contribution < -0.4 is 5.48 Å². The van der Waals surface area contributed by atoms with E-state index < -0.39 is 11.9 Å². The van der Waals surface area contributed by atoms with Crippen molar-refractivity contribution >= 4 is 40.5 Å². The van der Waals surface area contributed by atoms with Crippen molar-refractivity contribution in [3.63, 3.8) is 0 Å². The molecule has 1 aromatic rings. The molecule has 0 spiro atoms. The number of carbonyl (C=O) groups excluding carboxylic acids is 2. The Morgan fingerprint density at radius 3 is 2.94 bits per heavy atom. The van der Waals surface area contributed by atoms with Crippen molar-refractivity contribution in [3.8, 4) is 0 Å². The van der Waals surface area contributed by atoms with E-state index in [9.17, 15) is 9.59 Å². The zero-order valence-corrected chi connectivity index (χ0v) is 10.2. The second kappa shape index (κ2) is 6.81. The second-order valence-corrected chi connectivity index (χ2v) is 3.53. The maximum atomic E-state index is 11.5. The molecule has 0 aliphatic heterocycles. The van der Waals surface area contributed by atoms with E-state index in [1.807, 2.05) is 5.48 Å². The van der Waals surface area contributed by atoms with Crippen LogP contribution in [0, 0.1) is 0 Å². The van der Waals surface area contributed by atoms with E-state index >= 15 is 0 Å². The molecule has 0 fully saturated rings. The molecule has 0 aliphatic rings. The number of hydrogen-bond donors (Lipinski definition) is 1. The molecule has 0 bridgehead atoms. The standard InChI is InChI=1S/C8H8ClN3O4S/c1-15-12-7(5-3-17-4-10-5)8(14)16-11-6(13)2-9/h3-4H,2H2,1H3,(H,11,13). The van der Waals surface area contributed by atoms with Crippen LogP contribution in [-0.4, -0.2) is 35.6 Å². The smallest absolute Gasteiger partial charge is 0.386 e. The predicted molar refractivity (Wildman–Crippen MR) is 60.6 cm³/mol. The van der Waals surface area contributed by atoms with Gasteiger partial charge in [-0.25, -0.2) is 9.78 Å². The average Bonchev–Trinajstić information content (AvgIpc) is 2.86. The van der Waals surface area contributed by atoms with Crippen LogP contribution in [0.5, 0.6) is 0 Å². The van der Waals surface area contributed by atoms with Gasteiger partial charge in [-0.1, -0.05) is 5.16 Å². The fraction of sp³-hybridized carbons (Fsp3) is 0.250. The molecule has 7 nitrogen and oxygen atoms in total. The van der Waals surface area contributed by atoms with E-state index in [4.69, 9.17) is 11.6 Å². The molecule has 1 amide bonds. The number of amides is 1. The first-order valence-corrected chi connectivity index (χ1v) is 5.72. The van der Waals surface area contributed by atoms with E-state index in [-0.39, 0.29) is 11.6 Å². The Morgan fingerprint density at radius 2 is 2.41 bits per heavy atom. The lowest BCUT2D eigenvalue weighted by Gasteiger charge is -2.04. The minimum Gasteiger partial charge on any atom is -0.398 e. The van der Waals surface area contributed by atoms with Crippen LogP contribution in [0.4, 0.5) is 0 Å². The predicted octanol–water partition coefficient (Wildman–Crippen LogP) is 0.307. The Balaban J connectivity index is 2.70. The zero-order valence-electron chi connectivity index (χ0n) is 8.68. The van der Waals surface area contributed by atoms with Crippen molar-refractivity contribution in [3.05, 3.63) is 16.6 Å². The van der Waals surface area contributed by atoms with Crippen molar-refractivity contribution < 1.29 is 19.3 Å². The third kappa shape index (κ3) is 4.00. The molecule has 0 atom stereocenters. The van der Waals surface area contributed by atoms with Crippen LogP contribution in [0.1, 0.15) is 5.69 Å². The van der Waals surface area contributed by atoms with E-state index in [0.29, 0.717) is 5.69 Å². The normalized spacial score (nSPS) is 10.8. The molecule has 17 heavy (non-hydrogen) atoms. The summed E-state index contributed by atoms with van der Waals surface area (Å²) >= 11 is 6.48. The molecule has 0 unspecified atom stereocenters. The fourth-order valence-corrected chi connectivity index (χ4v) is 1.38. The van der Waals surface area contributed by atoms with E-state index in [0.717, 1.165) is 0 Å². The fourth-order valence-electron chi connectivity index (χ4n) is 0.788. The quantitative estimate of drug-likeness (QED) is 0.486. The molecule has 1 aromatic heterocycles. The summed E-state index contributed by atoms with van der Waals surface area (Å²) < 4.78 is 0. The third-order valence-electron chi connectivity index (χ3n) is 1.43. The van der Waals surface area contributed by atoms with Crippen molar-refractivity contribution in [2.45, 2.75) is 0 Å². The first kappa shape index (κ1) is 13.4. The number of aromatic nitrogens is 1. The Bertz CT molecular complexity index is 420. The molecular formula is C8H8ClN3O4S. The van der Waals surface area contributed by atoms with Gasteiger partial charge in [0.05, 0.1) is 5.51 Å². The highest BCUT2D eigenvalue weighted by Gasteiger charge is 2.20. The molecule has 0 radical (unpaired) electrons. The van der Waals surface area contributed by atoms with Crippen LogP contribution in [0.15, 0.2) is 16.0 Å². The number of rotatable bonds is 4. The summed E-state index contributed by atoms with van der Waals surface area (Å²) in [5.41, 5.74) is 3.51. The molecule has 9 heteroatoms. The lowest BCUT2D eigenvalue weighted by Crippen LogP contribution is -2.32. The number of alkyl halides is 1. The molecule has 1 rings (SSSR count). The van der Waals surface area contributed by atoms with Gasteiger partial charge >= 0.3 is 5.97 Å². The second-order valence-electron chi connectivity index (χ2n) is 2.54. The molecule has 0 saturated carbocycles. The van der Waals surface area contributed by atoms with Crippen molar-refractivity contribution in [1.29, 1.82) is 0 Å². The maximum Gasteiger partial charge on any atom is 0.386 e. The Morgan fingerprint density at radius 1 is 1.65 bits per heavy atom. The Hall–Kier alpha value is -1.67. The van der Waals surface area contributed by atoms with Crippen molar-refractivity contribution in [1.82, 2.24) is 10.5 Å². The topological polar surface area (TPSA) is 89.9 Å². The highest BCUT2D eigenvalue weighted by atomic mass is 35.5. The van der Waals surface area contributed by atoms with Crippen LogP contribution in [-0.2, 0) is 19.3 Å². The average molecular weight is 278 g/mol. The van der Waals surface area contributed by atoms with Crippen LogP contribution in [0.25, 0.3) is 0 Å². The third-order valence-corrected chi connectivity index (χ3v) is 2.26. The summed E-state index contributed by atoms with van der Waals surface area (Å²) in [6, 6.07) is 0. The van der Waals surface area contributed by atoms with Crippen molar-refractivity contribution in [2.24, 2.45) is 5.16 Å². The van der Waals surface area contributed by atoms with Gasteiger partial charge in [-0.3, -0.25) is 4.79 Å². The number of nitrogens with zero attached hydrogens (tertiary/aromatic N) is 2. The van der Waals surface area contributed by atoms with Gasteiger partial charge in [-0.05, 0) is 0 Å². The minimum atomic E-state index is -0.892. The molecule has 1 heterocycles. The van der Waals surface area contributed by atoms with Gasteiger partial charge in [0.25, 0.3) is 5.91 Å². The number of nitrogens with one attached hydrogen (secondary N) is 1. The van der Waals surface area contributed by atoms with Gasteiger partial charge in [0.1, 0.15) is 18.7 Å². The van der Waals surface area contributed by atoms with Crippen LogP contribution in [0.3, 0.4) is 0 Å². The first-order chi connectivity index (χ1) is 8.19. The first-order valence-electron chi connectivity index (χ1n) is 4.24. The largest absolute Gasteiger partial charge is 0.398 e. The van der Waals surface area contributed by atoms with Crippen molar-refractivity contribution in [2.75, 3.05) is 13.0 Å². The Labute approximate surface area is 105 Å². The zero-order chi connectivity index (χ0) is 12.7. The number of halogens is 1. The SMILES string of the molecule is CON=C(C(=O)ONC(=O)CCl)c1cscn1. The van der Waals surface area contributed by atoms with E-state index in [1.54, 1.807) is 5.38 Å². The number of thiazole rings is 1. The minimum absolute atomic E-state index is 0.149. The van der Waals surface area contributed by atoms with Gasteiger partial charge in [0, 0.05) is 5.38 Å². The molecule has 0 saturated heterocycles. The van der Waals surface area contributed by atoms with Gasteiger partial charge in [0.2, 0.25) is 5.71 Å². The van der Waals surface area contributed by atoms with E-state index in [1.165, 1.54) is 24.0 Å². The highest BCUT2D eigenvalue weighted by Crippen LogP contribution is 2.04. The molecule has 92 valence electrons. The van der Waals surface area contributed by atoms with Crippen LogP contribution >= 0.6 is 22.9 Å². The molecule has 1 N–H and O–H groups in total. The summed E-state index contributed by atoms with van der Waals surface area (Å²) in [7, 11) is 1.27. The maximum absolute atomic E-state index is 11.5. The summed E-state index contributed by atoms with van der Waals surface area (Å²) in [5.74, 6) is -1.85. The monoisotopic (exact) mass is 277 g/mol. The Kier molecular flexibility index (Phi) is 5.37. The molecular weight excluding hydrogens is 270 g/mol. The molecule has 0 aliphatic carbocycles. The molecule has 0 aromatic carbocycles. The van der Waals surface area contributed by atoms with E-state index in [2.05, 4.69) is 19.8 Å². The number of hydroxylamine groups is 1. The lowest BCUT2D eigenvalue weighted by molar-refractivity contribution is -0.150. The van der Waals surface area contributed by atoms with Gasteiger partial charge in [-0.15, -0.1) is 22.9 Å². The summed E-state index contributed by atoms with van der Waals surface area (Å²) in [5, 5.41) is 5.06. The lowest BCUT2D eigenvalue weighted by atomic mass is 10.3. The number of carbonyl (C=O) groups is 2. The summed E-state index contributed by atoms with van der Waals surface area (Å²) in [6.07, 6.45) is 0. The number of hydrogen-bond acceptors (Lipinski definition) is 7. The highest BCUT2D eigenvalue weighted by molar-refractivity contribution is 7.07. The van der Waals surface area contributed by atoms with Gasteiger partial charge in [-0.2, -0.15) is 5.48 Å². The van der Waals surface area contributed by atoms with Gasteiger partial charge in [0.15, 0.2) is 0 Å². The number of oxime groups is 1. The summed E-state index contributed by atoms with van der Waals surface area (Å²) in [4.78, 5) is 35.1. The van der Waals surface area contributed by atoms with Gasteiger partial charge < -0.3 is 9.68 Å². The summed E-state index contributed by atoms with van der Waals surface area (Å²) in [6.45, 7) is 0. The van der Waals surface area contributed by atoms with Crippen LogP contribution in [0.2, 0.25) is 0 Å².